The third-order valence-corrected chi connectivity index (χ3v) is 4.21. The molecule has 6 nitrogen and oxygen atoms in total. The average molecular weight is 395 g/mol. The molecule has 0 aliphatic rings. The number of carbonyl (C=O) groups excluding carboxylic acids is 3. The Kier molecular flexibility index (Phi) is 6.60. The van der Waals surface area contributed by atoms with E-state index < -0.39 is 23.8 Å². The van der Waals surface area contributed by atoms with Crippen LogP contribution < -0.4 is 15.8 Å². The zero-order valence-corrected chi connectivity index (χ0v) is 15.3. The van der Waals surface area contributed by atoms with Gasteiger partial charge in [0.15, 0.2) is 0 Å². The minimum Gasteiger partial charge on any atom is -0.427 e. The van der Waals surface area contributed by atoms with Crippen molar-refractivity contribution < 1.29 is 19.1 Å². The molecular weight excluding hydrogens is 379 g/mol. The lowest BCUT2D eigenvalue weighted by molar-refractivity contribution is -0.131. The van der Waals surface area contributed by atoms with Crippen molar-refractivity contribution in [2.45, 2.75) is 19.4 Å². The molecule has 8 heteroatoms. The molecule has 3 N–H and O–H groups in total. The molecule has 0 radical (unpaired) electrons. The molecule has 0 aliphatic carbocycles. The van der Waals surface area contributed by atoms with E-state index in [2.05, 4.69) is 5.32 Å². The molecule has 2 amide bonds. The lowest BCUT2D eigenvalue weighted by Gasteiger charge is -2.17. The van der Waals surface area contributed by atoms with Gasteiger partial charge in [0.05, 0.1) is 0 Å². The van der Waals surface area contributed by atoms with Gasteiger partial charge < -0.3 is 15.8 Å². The van der Waals surface area contributed by atoms with Crippen LogP contribution in [0.5, 0.6) is 5.75 Å². The monoisotopic (exact) mass is 394 g/mol. The molecule has 1 atom stereocenters. The van der Waals surface area contributed by atoms with Crippen LogP contribution in [0.25, 0.3) is 0 Å². The highest BCUT2D eigenvalue weighted by molar-refractivity contribution is 6.36. The molecule has 2 aromatic carbocycles. The Morgan fingerprint density at radius 2 is 1.65 bits per heavy atom. The first-order chi connectivity index (χ1) is 12.3. The summed E-state index contributed by atoms with van der Waals surface area (Å²) < 4.78 is 4.90. The van der Waals surface area contributed by atoms with E-state index in [1.165, 1.54) is 31.2 Å². The van der Waals surface area contributed by atoms with Crippen molar-refractivity contribution in [1.29, 1.82) is 0 Å². The standard InChI is InChI=1S/C18H16Cl2N2O4/c1-10(23)26-12-7-5-11(6-8-12)18(25)22-16(17(21)24)9-13-14(19)3-2-4-15(13)20/h2-8,16H,9H2,1H3,(H2,21,24)(H,22,25)/t16-/m0/s1. The van der Waals surface area contributed by atoms with Gasteiger partial charge >= 0.3 is 5.97 Å². The first kappa shape index (κ1) is 19.8. The second-order valence-corrected chi connectivity index (χ2v) is 6.27. The third-order valence-electron chi connectivity index (χ3n) is 3.50. The number of nitrogens with two attached hydrogens (primary N) is 1. The van der Waals surface area contributed by atoms with E-state index in [1.54, 1.807) is 18.2 Å². The van der Waals surface area contributed by atoms with Gasteiger partial charge in [0.1, 0.15) is 11.8 Å². The number of carbonyl (C=O) groups is 3. The Morgan fingerprint density at radius 3 is 2.15 bits per heavy atom. The first-order valence-corrected chi connectivity index (χ1v) is 8.35. The number of rotatable bonds is 6. The second kappa shape index (κ2) is 8.69. The van der Waals surface area contributed by atoms with Crippen LogP contribution in [0.3, 0.4) is 0 Å². The van der Waals surface area contributed by atoms with Crippen molar-refractivity contribution in [3.63, 3.8) is 0 Å². The molecule has 0 fully saturated rings. The third kappa shape index (κ3) is 5.21. The van der Waals surface area contributed by atoms with Crippen LogP contribution in [0.2, 0.25) is 10.0 Å². The van der Waals surface area contributed by atoms with E-state index in [0.29, 0.717) is 21.4 Å². The molecule has 0 heterocycles. The molecule has 0 aliphatic heterocycles. The molecule has 0 bridgehead atoms. The van der Waals surface area contributed by atoms with Gasteiger partial charge in [0, 0.05) is 29.0 Å². The average Bonchev–Trinajstić information content (AvgIpc) is 2.57. The highest BCUT2D eigenvalue weighted by atomic mass is 35.5. The van der Waals surface area contributed by atoms with E-state index in [0.717, 1.165) is 0 Å². The number of halogens is 2. The quantitative estimate of drug-likeness (QED) is 0.581. The highest BCUT2D eigenvalue weighted by Crippen LogP contribution is 2.25. The lowest BCUT2D eigenvalue weighted by atomic mass is 10.0. The highest BCUT2D eigenvalue weighted by Gasteiger charge is 2.22. The molecule has 0 unspecified atom stereocenters. The van der Waals surface area contributed by atoms with E-state index in [1.807, 2.05) is 0 Å². The molecule has 136 valence electrons. The van der Waals surface area contributed by atoms with Gasteiger partial charge in [-0.25, -0.2) is 0 Å². The van der Waals surface area contributed by atoms with E-state index in [4.69, 9.17) is 33.7 Å². The largest absolute Gasteiger partial charge is 0.427 e. The summed E-state index contributed by atoms with van der Waals surface area (Å²) in [6.07, 6.45) is 0.0606. The number of hydrogen-bond donors (Lipinski definition) is 2. The maximum Gasteiger partial charge on any atom is 0.308 e. The van der Waals surface area contributed by atoms with Gasteiger partial charge in [-0.2, -0.15) is 0 Å². The summed E-state index contributed by atoms with van der Waals surface area (Å²) in [5, 5.41) is 3.31. The number of ether oxygens (including phenoxy) is 1. The van der Waals surface area contributed by atoms with Gasteiger partial charge in [-0.1, -0.05) is 29.3 Å². The fourth-order valence-corrected chi connectivity index (χ4v) is 2.79. The van der Waals surface area contributed by atoms with E-state index >= 15 is 0 Å². The lowest BCUT2D eigenvalue weighted by Crippen LogP contribution is -2.45. The molecule has 0 saturated carbocycles. The summed E-state index contributed by atoms with van der Waals surface area (Å²) in [5.41, 5.74) is 6.19. The molecular formula is C18H16Cl2N2O4. The topological polar surface area (TPSA) is 98.5 Å². The minimum atomic E-state index is -0.993. The van der Waals surface area contributed by atoms with Crippen molar-refractivity contribution in [1.82, 2.24) is 5.32 Å². The Hall–Kier alpha value is -2.57. The van der Waals surface area contributed by atoms with Gasteiger partial charge in [-0.3, -0.25) is 14.4 Å². The fraction of sp³-hybridized carbons (Fsp3) is 0.167. The maximum absolute atomic E-state index is 12.4. The van der Waals surface area contributed by atoms with Crippen LogP contribution in [-0.2, 0) is 16.0 Å². The number of primary amides is 1. The van der Waals surface area contributed by atoms with Crippen LogP contribution in [0.15, 0.2) is 42.5 Å². The number of amides is 2. The van der Waals surface area contributed by atoms with Crippen LogP contribution >= 0.6 is 23.2 Å². The molecule has 0 saturated heterocycles. The summed E-state index contributed by atoms with van der Waals surface area (Å²) in [4.78, 5) is 35.0. The normalized spacial score (nSPS) is 11.5. The summed E-state index contributed by atoms with van der Waals surface area (Å²) in [6, 6.07) is 9.83. The van der Waals surface area contributed by atoms with Crippen LogP contribution in [-0.4, -0.2) is 23.8 Å². The predicted octanol–water partition coefficient (Wildman–Crippen LogP) is 2.75. The Bertz CT molecular complexity index is 817. The SMILES string of the molecule is CC(=O)Oc1ccc(C(=O)N[C@@H](Cc2c(Cl)cccc2Cl)C(N)=O)cc1. The van der Waals surface area contributed by atoms with E-state index in [-0.39, 0.29) is 12.0 Å². The van der Waals surface area contributed by atoms with Gasteiger partial charge in [0.25, 0.3) is 5.91 Å². The predicted molar refractivity (Wildman–Crippen MR) is 98.4 cm³/mol. The number of nitrogens with one attached hydrogen (secondary N) is 1. The summed E-state index contributed by atoms with van der Waals surface area (Å²) in [6.45, 7) is 1.28. The zero-order chi connectivity index (χ0) is 19.3. The summed E-state index contributed by atoms with van der Waals surface area (Å²) >= 11 is 12.2. The van der Waals surface area contributed by atoms with Crippen LogP contribution in [0.1, 0.15) is 22.8 Å². The van der Waals surface area contributed by atoms with Crippen molar-refractivity contribution in [3.05, 3.63) is 63.6 Å². The van der Waals surface area contributed by atoms with Gasteiger partial charge in [-0.05, 0) is 42.0 Å². The molecule has 26 heavy (non-hydrogen) atoms. The maximum atomic E-state index is 12.4. The first-order valence-electron chi connectivity index (χ1n) is 7.59. The van der Waals surface area contributed by atoms with Crippen molar-refractivity contribution in [3.8, 4) is 5.75 Å². The van der Waals surface area contributed by atoms with E-state index in [9.17, 15) is 14.4 Å². The van der Waals surface area contributed by atoms with Gasteiger partial charge in [-0.15, -0.1) is 0 Å². The molecule has 2 aromatic rings. The minimum absolute atomic E-state index is 0.0606. The number of benzene rings is 2. The zero-order valence-electron chi connectivity index (χ0n) is 13.8. The molecule has 0 aromatic heterocycles. The molecule has 0 spiro atoms. The fourth-order valence-electron chi connectivity index (χ4n) is 2.24. The second-order valence-electron chi connectivity index (χ2n) is 5.45. The summed E-state index contributed by atoms with van der Waals surface area (Å²) in [5.74, 6) is -1.38. The number of hydrogen-bond acceptors (Lipinski definition) is 4. The summed E-state index contributed by atoms with van der Waals surface area (Å²) in [7, 11) is 0. The smallest absolute Gasteiger partial charge is 0.308 e. The number of esters is 1. The van der Waals surface area contributed by atoms with Crippen molar-refractivity contribution in [2.75, 3.05) is 0 Å². The van der Waals surface area contributed by atoms with Crippen molar-refractivity contribution >= 4 is 41.0 Å². The van der Waals surface area contributed by atoms with Crippen molar-refractivity contribution in [2.24, 2.45) is 5.73 Å². The Morgan fingerprint density at radius 1 is 1.08 bits per heavy atom. The molecule has 2 rings (SSSR count). The Labute approximate surface area is 160 Å². The van der Waals surface area contributed by atoms with Gasteiger partial charge in [0.2, 0.25) is 5.91 Å². The Balaban J connectivity index is 2.13. The van der Waals surface area contributed by atoms with Crippen LogP contribution in [0, 0.1) is 0 Å². The van der Waals surface area contributed by atoms with Crippen LogP contribution in [0.4, 0.5) is 0 Å².